The molecule has 4 nitrogen and oxygen atoms in total. The largest absolute Gasteiger partial charge is 0.347 e. The minimum atomic E-state index is -0.789. The van der Waals surface area contributed by atoms with Gasteiger partial charge in [0.1, 0.15) is 5.41 Å². The number of nitriles is 1. The van der Waals surface area contributed by atoms with Crippen molar-refractivity contribution in [3.63, 3.8) is 0 Å². The van der Waals surface area contributed by atoms with Gasteiger partial charge in [0.05, 0.1) is 17.8 Å². The van der Waals surface area contributed by atoms with E-state index in [1.807, 2.05) is 25.1 Å². The van der Waals surface area contributed by atoms with Gasteiger partial charge in [0.25, 0.3) is 0 Å². The highest BCUT2D eigenvalue weighted by atomic mass is 16.2. The molecule has 0 saturated heterocycles. The van der Waals surface area contributed by atoms with Crippen LogP contribution in [0.3, 0.4) is 0 Å². The van der Waals surface area contributed by atoms with E-state index in [2.05, 4.69) is 16.4 Å². The van der Waals surface area contributed by atoms with Crippen LogP contribution in [0.15, 0.2) is 24.4 Å². The summed E-state index contributed by atoms with van der Waals surface area (Å²) in [5.74, 6) is -0.163. The molecule has 1 fully saturated rings. The topological polar surface area (TPSA) is 65.8 Å². The fourth-order valence-electron chi connectivity index (χ4n) is 1.96. The fourth-order valence-corrected chi connectivity index (χ4v) is 1.96. The number of hydrogen-bond donors (Lipinski definition) is 1. The van der Waals surface area contributed by atoms with Crippen LogP contribution in [0, 0.1) is 16.7 Å². The van der Waals surface area contributed by atoms with Crippen molar-refractivity contribution >= 4 is 5.91 Å². The van der Waals surface area contributed by atoms with Crippen molar-refractivity contribution in [1.82, 2.24) is 10.3 Å². The molecule has 1 aromatic heterocycles. The third kappa shape index (κ3) is 2.14. The molecule has 0 bridgehead atoms. The number of amides is 1. The summed E-state index contributed by atoms with van der Waals surface area (Å²) in [6.45, 7) is 1.88. The van der Waals surface area contributed by atoms with Crippen LogP contribution < -0.4 is 5.32 Å². The first-order valence-electron chi connectivity index (χ1n) is 5.81. The first-order chi connectivity index (χ1) is 8.18. The Morgan fingerprint density at radius 3 is 2.82 bits per heavy atom. The molecule has 1 heterocycles. The van der Waals surface area contributed by atoms with Crippen LogP contribution >= 0.6 is 0 Å². The van der Waals surface area contributed by atoms with Crippen LogP contribution in [0.2, 0.25) is 0 Å². The van der Waals surface area contributed by atoms with E-state index in [-0.39, 0.29) is 11.9 Å². The Labute approximate surface area is 101 Å². The van der Waals surface area contributed by atoms with E-state index in [4.69, 9.17) is 5.26 Å². The van der Waals surface area contributed by atoms with Gasteiger partial charge in [-0.25, -0.2) is 0 Å². The first-order valence-corrected chi connectivity index (χ1v) is 5.81. The molecule has 4 heteroatoms. The maximum absolute atomic E-state index is 12.0. The minimum absolute atomic E-state index is 0.158. The third-order valence-corrected chi connectivity index (χ3v) is 3.33. The third-order valence-electron chi connectivity index (χ3n) is 3.33. The Morgan fingerprint density at radius 1 is 1.59 bits per heavy atom. The molecule has 1 aromatic rings. The SMILES string of the molecule is CC(NC(=O)C1(C#N)CCC1)c1ccccn1. The summed E-state index contributed by atoms with van der Waals surface area (Å²) >= 11 is 0. The Morgan fingerprint density at radius 2 is 2.35 bits per heavy atom. The zero-order chi connectivity index (χ0) is 12.3. The average Bonchev–Trinajstić information content (AvgIpc) is 2.29. The van der Waals surface area contributed by atoms with Gasteiger partial charge in [-0.3, -0.25) is 9.78 Å². The van der Waals surface area contributed by atoms with Crippen LogP contribution in [0.4, 0.5) is 0 Å². The van der Waals surface area contributed by atoms with Crippen molar-refractivity contribution in [3.05, 3.63) is 30.1 Å². The second-order valence-corrected chi connectivity index (χ2v) is 4.50. The van der Waals surface area contributed by atoms with Crippen LogP contribution in [-0.2, 0) is 4.79 Å². The van der Waals surface area contributed by atoms with Crippen molar-refractivity contribution in [1.29, 1.82) is 5.26 Å². The fraction of sp³-hybridized carbons (Fsp3) is 0.462. The Hall–Kier alpha value is -1.89. The van der Waals surface area contributed by atoms with Crippen molar-refractivity contribution in [2.75, 3.05) is 0 Å². The van der Waals surface area contributed by atoms with E-state index in [9.17, 15) is 4.79 Å². The van der Waals surface area contributed by atoms with E-state index in [0.29, 0.717) is 12.8 Å². The van der Waals surface area contributed by atoms with Crippen LogP contribution in [-0.4, -0.2) is 10.9 Å². The number of rotatable bonds is 3. The first kappa shape index (κ1) is 11.6. The number of nitrogens with zero attached hydrogens (tertiary/aromatic N) is 2. The second kappa shape index (κ2) is 4.54. The maximum atomic E-state index is 12.0. The molecule has 1 saturated carbocycles. The van der Waals surface area contributed by atoms with E-state index in [0.717, 1.165) is 12.1 Å². The standard InChI is InChI=1S/C13H15N3O/c1-10(11-5-2-3-8-15-11)16-12(17)13(9-14)6-4-7-13/h2-3,5,8,10H,4,6-7H2,1H3,(H,16,17). The molecule has 0 radical (unpaired) electrons. The Balaban J connectivity index is 2.03. The highest BCUT2D eigenvalue weighted by Gasteiger charge is 2.44. The molecule has 1 N–H and O–H groups in total. The number of nitrogens with one attached hydrogen (secondary N) is 1. The van der Waals surface area contributed by atoms with Crippen molar-refractivity contribution in [2.45, 2.75) is 32.2 Å². The monoisotopic (exact) mass is 229 g/mol. The summed E-state index contributed by atoms with van der Waals surface area (Å²) in [4.78, 5) is 16.2. The molecular weight excluding hydrogens is 214 g/mol. The molecule has 17 heavy (non-hydrogen) atoms. The van der Waals surface area contributed by atoms with Gasteiger partial charge >= 0.3 is 0 Å². The molecular formula is C13H15N3O. The second-order valence-electron chi connectivity index (χ2n) is 4.50. The number of hydrogen-bond acceptors (Lipinski definition) is 3. The predicted molar refractivity (Wildman–Crippen MR) is 62.7 cm³/mol. The van der Waals surface area contributed by atoms with Crippen LogP contribution in [0.1, 0.15) is 37.9 Å². The molecule has 1 aliphatic rings. The predicted octanol–water partition coefficient (Wildman–Crippen LogP) is 1.95. The molecule has 88 valence electrons. The quantitative estimate of drug-likeness (QED) is 0.861. The van der Waals surface area contributed by atoms with E-state index < -0.39 is 5.41 Å². The number of aromatic nitrogens is 1. The molecule has 0 spiro atoms. The van der Waals surface area contributed by atoms with Gasteiger partial charge in [-0.15, -0.1) is 0 Å². The summed E-state index contributed by atoms with van der Waals surface area (Å²) in [5.41, 5.74) is 0.0246. The smallest absolute Gasteiger partial charge is 0.241 e. The van der Waals surface area contributed by atoms with Gasteiger partial charge in [-0.05, 0) is 38.3 Å². The average molecular weight is 229 g/mol. The zero-order valence-electron chi connectivity index (χ0n) is 9.81. The van der Waals surface area contributed by atoms with Crippen LogP contribution in [0.5, 0.6) is 0 Å². The van der Waals surface area contributed by atoms with Gasteiger partial charge < -0.3 is 5.32 Å². The van der Waals surface area contributed by atoms with E-state index in [1.54, 1.807) is 6.20 Å². The van der Waals surface area contributed by atoms with Gasteiger partial charge in [0.15, 0.2) is 0 Å². The molecule has 1 aliphatic carbocycles. The van der Waals surface area contributed by atoms with Crippen molar-refractivity contribution in [3.8, 4) is 6.07 Å². The maximum Gasteiger partial charge on any atom is 0.241 e. The Bertz CT molecular complexity index is 445. The molecule has 1 atom stereocenters. The Kier molecular flexibility index (Phi) is 3.10. The molecule has 2 rings (SSSR count). The number of pyridine rings is 1. The van der Waals surface area contributed by atoms with Gasteiger partial charge in [0, 0.05) is 6.20 Å². The highest BCUT2D eigenvalue weighted by Crippen LogP contribution is 2.40. The van der Waals surface area contributed by atoms with Gasteiger partial charge in [-0.2, -0.15) is 5.26 Å². The number of carbonyl (C=O) groups is 1. The lowest BCUT2D eigenvalue weighted by Gasteiger charge is -2.34. The lowest BCUT2D eigenvalue weighted by Crippen LogP contribution is -2.45. The molecule has 1 unspecified atom stereocenters. The summed E-state index contributed by atoms with van der Waals surface area (Å²) in [6, 6.07) is 7.56. The molecule has 1 amide bonds. The summed E-state index contributed by atoms with van der Waals surface area (Å²) in [5, 5.41) is 11.9. The summed E-state index contributed by atoms with van der Waals surface area (Å²) in [7, 11) is 0. The number of carbonyl (C=O) groups excluding carboxylic acids is 1. The summed E-state index contributed by atoms with van der Waals surface area (Å²) < 4.78 is 0. The minimum Gasteiger partial charge on any atom is -0.347 e. The van der Waals surface area contributed by atoms with Gasteiger partial charge in [0.2, 0.25) is 5.91 Å². The molecule has 0 aliphatic heterocycles. The van der Waals surface area contributed by atoms with Crippen molar-refractivity contribution < 1.29 is 4.79 Å². The highest BCUT2D eigenvalue weighted by molar-refractivity contribution is 5.86. The van der Waals surface area contributed by atoms with Crippen molar-refractivity contribution in [2.24, 2.45) is 5.41 Å². The molecule has 0 aromatic carbocycles. The van der Waals surface area contributed by atoms with Crippen LogP contribution in [0.25, 0.3) is 0 Å². The van der Waals surface area contributed by atoms with E-state index >= 15 is 0 Å². The van der Waals surface area contributed by atoms with E-state index in [1.165, 1.54) is 0 Å². The van der Waals surface area contributed by atoms with Gasteiger partial charge in [-0.1, -0.05) is 6.07 Å². The lowest BCUT2D eigenvalue weighted by atomic mass is 9.69. The summed E-state index contributed by atoms with van der Waals surface area (Å²) in [6.07, 6.45) is 3.99. The zero-order valence-corrected chi connectivity index (χ0v) is 9.81. The normalized spacial score (nSPS) is 18.6. The lowest BCUT2D eigenvalue weighted by molar-refractivity contribution is -0.132.